The van der Waals surface area contributed by atoms with Crippen molar-refractivity contribution in [1.82, 2.24) is 0 Å². The van der Waals surface area contributed by atoms with Crippen molar-refractivity contribution in [1.29, 1.82) is 0 Å². The molecule has 7 heteroatoms. The first-order chi connectivity index (χ1) is 7.97. The van der Waals surface area contributed by atoms with E-state index in [0.717, 1.165) is 12.1 Å². The second kappa shape index (κ2) is 5.08. The van der Waals surface area contributed by atoms with Gasteiger partial charge in [-0.3, -0.25) is 4.79 Å². The molecule has 90 valence electrons. The van der Waals surface area contributed by atoms with Crippen LogP contribution in [0.5, 0.6) is 0 Å². The number of carboxylic acids is 2. The van der Waals surface area contributed by atoms with Crippen LogP contribution in [0, 0.1) is 0 Å². The third-order valence-electron chi connectivity index (χ3n) is 1.93. The number of hydrogen-bond acceptors (Lipinski definition) is 4. The third-order valence-corrected chi connectivity index (χ3v) is 1.93. The first kappa shape index (κ1) is 12.7. The number of aliphatic hydroxyl groups is 1. The van der Waals surface area contributed by atoms with Gasteiger partial charge in [-0.1, -0.05) is 6.07 Å². The Hall–Kier alpha value is -2.41. The first-order valence-corrected chi connectivity index (χ1v) is 4.47. The lowest BCUT2D eigenvalue weighted by Gasteiger charge is -2.10. The van der Waals surface area contributed by atoms with E-state index in [-0.39, 0.29) is 16.8 Å². The normalized spacial score (nSPS) is 9.71. The fourth-order valence-electron chi connectivity index (χ4n) is 1.22. The number of amides is 1. The predicted molar refractivity (Wildman–Crippen MR) is 56.1 cm³/mol. The number of aromatic carboxylic acids is 2. The van der Waals surface area contributed by atoms with Crippen LogP contribution >= 0.6 is 0 Å². The highest BCUT2D eigenvalue weighted by atomic mass is 16.4. The highest BCUT2D eigenvalue weighted by Gasteiger charge is 2.19. The fraction of sp³-hybridized carbons (Fsp3) is 0.100. The largest absolute Gasteiger partial charge is 0.478 e. The van der Waals surface area contributed by atoms with E-state index in [1.165, 1.54) is 6.07 Å². The molecule has 0 aliphatic carbocycles. The molecule has 1 aromatic rings. The highest BCUT2D eigenvalue weighted by molar-refractivity contribution is 6.08. The minimum Gasteiger partial charge on any atom is -0.478 e. The molecule has 0 spiro atoms. The second-order valence-electron chi connectivity index (χ2n) is 3.04. The molecule has 0 aromatic heterocycles. The molecule has 0 heterocycles. The molecule has 0 fully saturated rings. The van der Waals surface area contributed by atoms with Crippen LogP contribution in [0.2, 0.25) is 0 Å². The van der Waals surface area contributed by atoms with E-state index in [0.29, 0.717) is 0 Å². The van der Waals surface area contributed by atoms with Crippen molar-refractivity contribution < 1.29 is 29.7 Å². The lowest BCUT2D eigenvalue weighted by atomic mass is 10.1. The molecular formula is C10H9NO6. The summed E-state index contributed by atoms with van der Waals surface area (Å²) >= 11 is 0. The minimum absolute atomic E-state index is 0.341. The van der Waals surface area contributed by atoms with Gasteiger partial charge >= 0.3 is 11.9 Å². The molecule has 0 saturated carbocycles. The number of anilines is 1. The van der Waals surface area contributed by atoms with Crippen LogP contribution < -0.4 is 5.32 Å². The molecule has 0 atom stereocenters. The Balaban J connectivity index is 3.33. The quantitative estimate of drug-likeness (QED) is 0.586. The maximum atomic E-state index is 11.0. The molecule has 0 aliphatic rings. The summed E-state index contributed by atoms with van der Waals surface area (Å²) in [5.74, 6) is -3.64. The van der Waals surface area contributed by atoms with E-state index < -0.39 is 24.5 Å². The summed E-state index contributed by atoms with van der Waals surface area (Å²) in [6.45, 7) is -0.868. The van der Waals surface area contributed by atoms with Crippen LogP contribution in [0.15, 0.2) is 18.2 Å². The van der Waals surface area contributed by atoms with Gasteiger partial charge in [0, 0.05) is 0 Å². The second-order valence-corrected chi connectivity index (χ2v) is 3.04. The first-order valence-electron chi connectivity index (χ1n) is 4.47. The van der Waals surface area contributed by atoms with Gasteiger partial charge in [0.1, 0.15) is 6.61 Å². The summed E-state index contributed by atoms with van der Waals surface area (Å²) in [7, 11) is 0. The summed E-state index contributed by atoms with van der Waals surface area (Å²) in [5, 5.41) is 28.3. The number of para-hydroxylation sites is 1. The maximum absolute atomic E-state index is 11.0. The Morgan fingerprint density at radius 2 is 1.53 bits per heavy atom. The van der Waals surface area contributed by atoms with E-state index in [1.807, 2.05) is 5.32 Å². The van der Waals surface area contributed by atoms with Crippen molar-refractivity contribution >= 4 is 23.5 Å². The Bertz CT molecular complexity index is 449. The number of carbonyl (C=O) groups excluding carboxylic acids is 1. The van der Waals surface area contributed by atoms with E-state index in [4.69, 9.17) is 15.3 Å². The number of rotatable bonds is 4. The van der Waals surface area contributed by atoms with E-state index in [1.54, 1.807) is 0 Å². The number of carboxylic acid groups (broad SMARTS) is 2. The summed E-state index contributed by atoms with van der Waals surface area (Å²) < 4.78 is 0. The van der Waals surface area contributed by atoms with Crippen LogP contribution in [0.3, 0.4) is 0 Å². The van der Waals surface area contributed by atoms with Crippen LogP contribution in [-0.4, -0.2) is 39.8 Å². The topological polar surface area (TPSA) is 124 Å². The summed E-state index contributed by atoms with van der Waals surface area (Å²) in [4.78, 5) is 32.7. The van der Waals surface area contributed by atoms with Gasteiger partial charge < -0.3 is 20.6 Å². The highest BCUT2D eigenvalue weighted by Crippen LogP contribution is 2.21. The van der Waals surface area contributed by atoms with Gasteiger partial charge in [0.15, 0.2) is 0 Å². The van der Waals surface area contributed by atoms with Gasteiger partial charge in [-0.05, 0) is 12.1 Å². The van der Waals surface area contributed by atoms with Crippen LogP contribution in [0.4, 0.5) is 5.69 Å². The number of aliphatic hydroxyl groups excluding tert-OH is 1. The van der Waals surface area contributed by atoms with Crippen LogP contribution in [-0.2, 0) is 4.79 Å². The molecular weight excluding hydrogens is 230 g/mol. The van der Waals surface area contributed by atoms with Crippen molar-refractivity contribution in [3.05, 3.63) is 29.3 Å². The summed E-state index contributed by atoms with van der Waals surface area (Å²) in [6, 6.07) is 3.56. The van der Waals surface area contributed by atoms with E-state index in [2.05, 4.69) is 0 Å². The molecule has 0 unspecified atom stereocenters. The van der Waals surface area contributed by atoms with Crippen molar-refractivity contribution in [3.63, 3.8) is 0 Å². The zero-order valence-corrected chi connectivity index (χ0v) is 8.51. The van der Waals surface area contributed by atoms with E-state index >= 15 is 0 Å². The monoisotopic (exact) mass is 239 g/mol. The van der Waals surface area contributed by atoms with Crippen LogP contribution in [0.25, 0.3) is 0 Å². The third kappa shape index (κ3) is 2.79. The fourth-order valence-corrected chi connectivity index (χ4v) is 1.22. The lowest BCUT2D eigenvalue weighted by Crippen LogP contribution is -2.20. The predicted octanol–water partition coefficient (Wildman–Crippen LogP) is 0.0138. The number of nitrogens with one attached hydrogen (secondary N) is 1. The van der Waals surface area contributed by atoms with Crippen molar-refractivity contribution in [2.75, 3.05) is 11.9 Å². The summed E-state index contributed by atoms with van der Waals surface area (Å²) in [6.07, 6.45) is 0. The molecule has 17 heavy (non-hydrogen) atoms. The molecule has 4 N–H and O–H groups in total. The zero-order chi connectivity index (χ0) is 13.0. The molecule has 0 radical (unpaired) electrons. The Morgan fingerprint density at radius 3 is 1.88 bits per heavy atom. The Morgan fingerprint density at radius 1 is 1.06 bits per heavy atom. The summed E-state index contributed by atoms with van der Waals surface area (Å²) in [5.41, 5.74) is -1.05. The number of benzene rings is 1. The SMILES string of the molecule is O=C(CO)Nc1c(C(=O)O)cccc1C(=O)O. The van der Waals surface area contributed by atoms with Gasteiger partial charge in [0.25, 0.3) is 0 Å². The number of hydrogen-bond donors (Lipinski definition) is 4. The zero-order valence-electron chi connectivity index (χ0n) is 8.51. The average molecular weight is 239 g/mol. The van der Waals surface area contributed by atoms with Gasteiger partial charge in [-0.25, -0.2) is 9.59 Å². The van der Waals surface area contributed by atoms with Gasteiger partial charge in [0.2, 0.25) is 5.91 Å². The standard InChI is InChI=1S/C10H9NO6/c12-4-7(13)11-8-5(9(14)15)2-1-3-6(8)10(16)17/h1-3,12H,4H2,(H,11,13)(H,14,15)(H,16,17). The van der Waals surface area contributed by atoms with Gasteiger partial charge in [0.05, 0.1) is 16.8 Å². The molecule has 1 rings (SSSR count). The van der Waals surface area contributed by atoms with Gasteiger partial charge in [-0.2, -0.15) is 0 Å². The molecule has 1 aromatic carbocycles. The Labute approximate surface area is 95.3 Å². The molecule has 0 saturated heterocycles. The number of carbonyl (C=O) groups is 3. The van der Waals surface area contributed by atoms with Crippen LogP contribution in [0.1, 0.15) is 20.7 Å². The van der Waals surface area contributed by atoms with E-state index in [9.17, 15) is 14.4 Å². The lowest BCUT2D eigenvalue weighted by molar-refractivity contribution is -0.118. The van der Waals surface area contributed by atoms with Crippen molar-refractivity contribution in [2.24, 2.45) is 0 Å². The average Bonchev–Trinajstić information content (AvgIpc) is 2.28. The Kier molecular flexibility index (Phi) is 3.78. The molecule has 1 amide bonds. The molecule has 0 aliphatic heterocycles. The molecule has 7 nitrogen and oxygen atoms in total. The molecule has 0 bridgehead atoms. The minimum atomic E-state index is -1.37. The smallest absolute Gasteiger partial charge is 0.337 e. The van der Waals surface area contributed by atoms with Gasteiger partial charge in [-0.15, -0.1) is 0 Å². The van der Waals surface area contributed by atoms with Crippen molar-refractivity contribution in [2.45, 2.75) is 0 Å². The maximum Gasteiger partial charge on any atom is 0.337 e. The van der Waals surface area contributed by atoms with Crippen molar-refractivity contribution in [3.8, 4) is 0 Å².